The first-order valence-electron chi connectivity index (χ1n) is 7.78. The van der Waals surface area contributed by atoms with Crippen LogP contribution in [0.25, 0.3) is 0 Å². The van der Waals surface area contributed by atoms with E-state index in [1.165, 1.54) is 5.56 Å². The minimum Gasteiger partial charge on any atom is -0.354 e. The van der Waals surface area contributed by atoms with Gasteiger partial charge in [-0.25, -0.2) is 0 Å². The highest BCUT2D eigenvalue weighted by atomic mass is 35.5. The zero-order valence-electron chi connectivity index (χ0n) is 14.0. The van der Waals surface area contributed by atoms with E-state index in [9.17, 15) is 4.79 Å². The lowest BCUT2D eigenvalue weighted by atomic mass is 10.1. The molecule has 0 aromatic heterocycles. The molecule has 6 heteroatoms. The monoisotopic (exact) mass is 361 g/mol. The highest BCUT2D eigenvalue weighted by molar-refractivity contribution is 5.85. The number of nitrogens with two attached hydrogens (primary N) is 1. The number of halogens is 2. The summed E-state index contributed by atoms with van der Waals surface area (Å²) in [6.07, 6.45) is 2.25. The minimum absolute atomic E-state index is 0. The van der Waals surface area contributed by atoms with Crippen molar-refractivity contribution < 1.29 is 4.79 Å². The average molecular weight is 362 g/mol. The van der Waals surface area contributed by atoms with Crippen LogP contribution in [0.5, 0.6) is 0 Å². The summed E-state index contributed by atoms with van der Waals surface area (Å²) in [5.74, 6) is 0.484. The van der Waals surface area contributed by atoms with Crippen LogP contribution in [0.4, 0.5) is 0 Å². The van der Waals surface area contributed by atoms with Gasteiger partial charge in [-0.15, -0.1) is 24.8 Å². The summed E-state index contributed by atoms with van der Waals surface area (Å²) in [7, 11) is 0. The van der Waals surface area contributed by atoms with Crippen LogP contribution in [0.3, 0.4) is 0 Å². The normalized spacial score (nSPS) is 18.0. The van der Waals surface area contributed by atoms with Gasteiger partial charge in [-0.05, 0) is 44.7 Å². The van der Waals surface area contributed by atoms with E-state index in [4.69, 9.17) is 5.73 Å². The summed E-state index contributed by atoms with van der Waals surface area (Å²) >= 11 is 0. The molecule has 1 unspecified atom stereocenters. The Bertz CT molecular complexity index is 463. The molecule has 1 aromatic carbocycles. The van der Waals surface area contributed by atoms with Crippen molar-refractivity contribution in [2.75, 3.05) is 26.2 Å². The van der Waals surface area contributed by atoms with Gasteiger partial charge < -0.3 is 16.0 Å². The van der Waals surface area contributed by atoms with Crippen molar-refractivity contribution in [3.63, 3.8) is 0 Å². The Labute approximate surface area is 152 Å². The lowest BCUT2D eigenvalue weighted by Crippen LogP contribution is -2.50. The molecule has 0 bridgehead atoms. The third-order valence-corrected chi connectivity index (χ3v) is 4.07. The van der Waals surface area contributed by atoms with Crippen molar-refractivity contribution in [1.82, 2.24) is 10.2 Å². The Balaban J connectivity index is 0.00000242. The van der Waals surface area contributed by atoms with Crippen LogP contribution >= 0.6 is 24.8 Å². The standard InChI is InChI=1S/C17H27N3O.2ClH/c1-17(2,18)16(21)19-12-15-9-11-20(13-15)10-8-14-6-4-3-5-7-14;;/h3-7,15H,8-13,18H2,1-2H3,(H,19,21);2*1H. The Morgan fingerprint density at radius 1 is 1.30 bits per heavy atom. The molecule has 1 atom stereocenters. The second kappa shape index (κ2) is 10.1. The molecule has 2 rings (SSSR count). The highest BCUT2D eigenvalue weighted by Crippen LogP contribution is 2.16. The van der Waals surface area contributed by atoms with Gasteiger partial charge in [0.25, 0.3) is 0 Å². The SMILES string of the molecule is CC(C)(N)C(=O)NCC1CCN(CCc2ccccc2)C1.Cl.Cl. The molecule has 3 N–H and O–H groups in total. The summed E-state index contributed by atoms with van der Waals surface area (Å²) in [5.41, 5.74) is 6.38. The summed E-state index contributed by atoms with van der Waals surface area (Å²) < 4.78 is 0. The highest BCUT2D eigenvalue weighted by Gasteiger charge is 2.25. The van der Waals surface area contributed by atoms with Crippen molar-refractivity contribution in [3.05, 3.63) is 35.9 Å². The first-order valence-corrected chi connectivity index (χ1v) is 7.78. The van der Waals surface area contributed by atoms with Crippen LogP contribution in [0.15, 0.2) is 30.3 Å². The van der Waals surface area contributed by atoms with E-state index in [0.717, 1.165) is 39.0 Å². The minimum atomic E-state index is -0.786. The van der Waals surface area contributed by atoms with E-state index in [1.54, 1.807) is 13.8 Å². The predicted octanol–water partition coefficient (Wildman–Crippen LogP) is 2.25. The fourth-order valence-electron chi connectivity index (χ4n) is 2.68. The molecule has 0 saturated carbocycles. The molecule has 1 heterocycles. The third-order valence-electron chi connectivity index (χ3n) is 4.07. The fourth-order valence-corrected chi connectivity index (χ4v) is 2.68. The molecule has 4 nitrogen and oxygen atoms in total. The largest absolute Gasteiger partial charge is 0.354 e. The van der Waals surface area contributed by atoms with E-state index in [0.29, 0.717) is 5.92 Å². The number of hydrogen-bond acceptors (Lipinski definition) is 3. The first-order chi connectivity index (χ1) is 9.95. The van der Waals surface area contributed by atoms with Gasteiger partial charge in [-0.1, -0.05) is 30.3 Å². The van der Waals surface area contributed by atoms with Gasteiger partial charge >= 0.3 is 0 Å². The number of rotatable bonds is 6. The van der Waals surface area contributed by atoms with Crippen LogP contribution in [-0.2, 0) is 11.2 Å². The van der Waals surface area contributed by atoms with Crippen molar-refractivity contribution in [1.29, 1.82) is 0 Å². The molecule has 1 fully saturated rings. The van der Waals surface area contributed by atoms with Crippen molar-refractivity contribution >= 4 is 30.7 Å². The topological polar surface area (TPSA) is 58.4 Å². The van der Waals surface area contributed by atoms with Gasteiger partial charge in [0, 0.05) is 19.6 Å². The molecule has 1 aliphatic heterocycles. The van der Waals surface area contributed by atoms with E-state index >= 15 is 0 Å². The van der Waals surface area contributed by atoms with E-state index in [1.807, 2.05) is 0 Å². The van der Waals surface area contributed by atoms with E-state index in [2.05, 4.69) is 40.5 Å². The third kappa shape index (κ3) is 7.53. The van der Waals surface area contributed by atoms with Crippen LogP contribution in [0, 0.1) is 5.92 Å². The average Bonchev–Trinajstić information content (AvgIpc) is 2.90. The molecule has 0 spiro atoms. The number of hydrogen-bond donors (Lipinski definition) is 2. The molecule has 1 aromatic rings. The second-order valence-electron chi connectivity index (χ2n) is 6.62. The molecule has 1 amide bonds. The summed E-state index contributed by atoms with van der Waals surface area (Å²) in [6, 6.07) is 10.6. The Morgan fingerprint density at radius 2 is 1.96 bits per heavy atom. The first kappa shape index (κ1) is 22.2. The smallest absolute Gasteiger partial charge is 0.239 e. The second-order valence-corrected chi connectivity index (χ2v) is 6.62. The number of nitrogens with zero attached hydrogens (tertiary/aromatic N) is 1. The fraction of sp³-hybridized carbons (Fsp3) is 0.588. The molecule has 0 aliphatic carbocycles. The van der Waals surface area contributed by atoms with Crippen LogP contribution in [0.1, 0.15) is 25.8 Å². The Kier molecular flexibility index (Phi) is 9.78. The summed E-state index contributed by atoms with van der Waals surface area (Å²) in [5, 5.41) is 2.97. The van der Waals surface area contributed by atoms with Gasteiger partial charge in [0.1, 0.15) is 0 Å². The lowest BCUT2D eigenvalue weighted by Gasteiger charge is -2.20. The van der Waals surface area contributed by atoms with Crippen molar-refractivity contribution in [2.24, 2.45) is 11.7 Å². The zero-order chi connectivity index (χ0) is 15.3. The number of benzene rings is 1. The molecule has 132 valence electrons. The lowest BCUT2D eigenvalue weighted by molar-refractivity contribution is -0.125. The Hall–Kier alpha value is -0.810. The van der Waals surface area contributed by atoms with E-state index in [-0.39, 0.29) is 30.7 Å². The van der Waals surface area contributed by atoms with Gasteiger partial charge in [0.15, 0.2) is 0 Å². The maximum atomic E-state index is 11.8. The number of carbonyl (C=O) groups is 1. The molecule has 23 heavy (non-hydrogen) atoms. The molecule has 1 aliphatic rings. The number of amides is 1. The molecular weight excluding hydrogens is 333 g/mol. The summed E-state index contributed by atoms with van der Waals surface area (Å²) in [6.45, 7) is 7.50. The van der Waals surface area contributed by atoms with Crippen molar-refractivity contribution in [3.8, 4) is 0 Å². The van der Waals surface area contributed by atoms with Crippen LogP contribution in [-0.4, -0.2) is 42.5 Å². The van der Waals surface area contributed by atoms with Crippen LogP contribution < -0.4 is 11.1 Å². The molecular formula is C17H29Cl2N3O. The van der Waals surface area contributed by atoms with Gasteiger partial charge in [-0.3, -0.25) is 4.79 Å². The van der Waals surface area contributed by atoms with E-state index < -0.39 is 5.54 Å². The predicted molar refractivity (Wildman–Crippen MR) is 100 cm³/mol. The zero-order valence-corrected chi connectivity index (χ0v) is 15.6. The quantitative estimate of drug-likeness (QED) is 0.816. The van der Waals surface area contributed by atoms with Gasteiger partial charge in [-0.2, -0.15) is 0 Å². The van der Waals surface area contributed by atoms with Gasteiger partial charge in [0.05, 0.1) is 5.54 Å². The summed E-state index contributed by atoms with van der Waals surface area (Å²) in [4.78, 5) is 14.2. The number of nitrogens with one attached hydrogen (secondary N) is 1. The van der Waals surface area contributed by atoms with Crippen molar-refractivity contribution in [2.45, 2.75) is 32.2 Å². The molecule has 0 radical (unpaired) electrons. The maximum absolute atomic E-state index is 11.8. The number of likely N-dealkylation sites (tertiary alicyclic amines) is 1. The van der Waals surface area contributed by atoms with Gasteiger partial charge in [0.2, 0.25) is 5.91 Å². The number of carbonyl (C=O) groups excluding carboxylic acids is 1. The Morgan fingerprint density at radius 3 is 2.57 bits per heavy atom. The van der Waals surface area contributed by atoms with Crippen LogP contribution in [0.2, 0.25) is 0 Å². The maximum Gasteiger partial charge on any atom is 0.239 e. The molecule has 1 saturated heterocycles.